The topological polar surface area (TPSA) is 74.4 Å². The van der Waals surface area contributed by atoms with Gasteiger partial charge in [-0.3, -0.25) is 0 Å². The number of nitrogens with zero attached hydrogens (tertiary/aromatic N) is 1. The third kappa shape index (κ3) is 1.57. The van der Waals surface area contributed by atoms with Crippen molar-refractivity contribution in [3.05, 3.63) is 28.9 Å². The molecule has 0 saturated heterocycles. The second-order valence-electron chi connectivity index (χ2n) is 3.72. The van der Waals surface area contributed by atoms with Crippen LogP contribution in [-0.4, -0.2) is 12.3 Å². The van der Waals surface area contributed by atoms with Crippen LogP contribution >= 0.6 is 15.9 Å². The number of ether oxygens (including phenoxy) is 1. The van der Waals surface area contributed by atoms with Gasteiger partial charge in [0.15, 0.2) is 22.9 Å². The highest BCUT2D eigenvalue weighted by Crippen LogP contribution is 2.40. The molecule has 5 nitrogen and oxygen atoms in total. The average molecular weight is 309 g/mol. The lowest BCUT2D eigenvalue weighted by Gasteiger charge is -2.06. The lowest BCUT2D eigenvalue weighted by atomic mass is 10.1. The molecule has 18 heavy (non-hydrogen) atoms. The van der Waals surface area contributed by atoms with Gasteiger partial charge in [0.25, 0.3) is 0 Å². The number of benzene rings is 1. The van der Waals surface area contributed by atoms with Crippen LogP contribution in [0.15, 0.2) is 37.9 Å². The minimum absolute atomic E-state index is 0.336. The number of aromatic nitrogens is 1. The van der Waals surface area contributed by atoms with Crippen LogP contribution < -0.4 is 10.5 Å². The number of nitrogen functional groups attached to an aromatic ring is 1. The van der Waals surface area contributed by atoms with Gasteiger partial charge in [-0.25, -0.2) is 0 Å². The summed E-state index contributed by atoms with van der Waals surface area (Å²) >= 11 is 3.53. The van der Waals surface area contributed by atoms with Gasteiger partial charge >= 0.3 is 0 Å². The molecule has 0 amide bonds. The van der Waals surface area contributed by atoms with E-state index in [1.807, 2.05) is 12.1 Å². The fourth-order valence-corrected chi connectivity index (χ4v) is 2.45. The Labute approximate surface area is 111 Å². The van der Waals surface area contributed by atoms with E-state index >= 15 is 0 Å². The molecule has 3 rings (SSSR count). The first-order valence-corrected chi connectivity index (χ1v) is 5.96. The van der Waals surface area contributed by atoms with Gasteiger partial charge in [-0.2, -0.15) is 0 Å². The number of hydrogen-bond acceptors (Lipinski definition) is 5. The molecule has 6 heteroatoms. The molecule has 2 N–H and O–H groups in total. The molecule has 0 unspecified atom stereocenters. The summed E-state index contributed by atoms with van der Waals surface area (Å²) in [7, 11) is 1.59. The van der Waals surface area contributed by atoms with Gasteiger partial charge in [0, 0.05) is 21.5 Å². The summed E-state index contributed by atoms with van der Waals surface area (Å²) in [4.78, 5) is 0. The van der Waals surface area contributed by atoms with Crippen LogP contribution in [-0.2, 0) is 0 Å². The summed E-state index contributed by atoms with van der Waals surface area (Å²) in [6.45, 7) is 0. The quantitative estimate of drug-likeness (QED) is 0.785. The number of rotatable bonds is 2. The summed E-state index contributed by atoms with van der Waals surface area (Å²) < 4.78 is 16.7. The van der Waals surface area contributed by atoms with Crippen molar-refractivity contribution >= 4 is 32.7 Å². The molecule has 2 heterocycles. The van der Waals surface area contributed by atoms with Gasteiger partial charge in [-0.15, -0.1) is 0 Å². The summed E-state index contributed by atoms with van der Waals surface area (Å²) in [5, 5.41) is 4.58. The second kappa shape index (κ2) is 4.06. The summed E-state index contributed by atoms with van der Waals surface area (Å²) in [5.41, 5.74) is 7.05. The molecule has 3 aromatic rings. The van der Waals surface area contributed by atoms with Crippen molar-refractivity contribution in [2.24, 2.45) is 0 Å². The first-order valence-electron chi connectivity index (χ1n) is 5.17. The fourth-order valence-electron chi connectivity index (χ4n) is 1.82. The van der Waals surface area contributed by atoms with Crippen LogP contribution in [0.4, 0.5) is 5.82 Å². The highest BCUT2D eigenvalue weighted by atomic mass is 79.9. The normalized spacial score (nSPS) is 11.0. The van der Waals surface area contributed by atoms with Crippen molar-refractivity contribution in [1.82, 2.24) is 5.16 Å². The van der Waals surface area contributed by atoms with Crippen LogP contribution in [0.1, 0.15) is 0 Å². The first kappa shape index (κ1) is 11.2. The number of hydrogen-bond donors (Lipinski definition) is 1. The van der Waals surface area contributed by atoms with E-state index in [2.05, 4.69) is 21.1 Å². The third-order valence-electron chi connectivity index (χ3n) is 2.65. The SMILES string of the molecule is COc1cc(-c2cc(N)no2)c(Br)c2ccoc12. The predicted molar refractivity (Wildman–Crippen MR) is 70.4 cm³/mol. The van der Waals surface area contributed by atoms with E-state index in [9.17, 15) is 0 Å². The van der Waals surface area contributed by atoms with E-state index in [4.69, 9.17) is 19.4 Å². The molecule has 92 valence electrons. The van der Waals surface area contributed by atoms with Crippen molar-refractivity contribution in [3.8, 4) is 17.1 Å². The van der Waals surface area contributed by atoms with E-state index < -0.39 is 0 Å². The molecule has 1 aromatic carbocycles. The molecule has 0 bridgehead atoms. The number of furan rings is 1. The number of nitrogens with two attached hydrogens (primary N) is 1. The third-order valence-corrected chi connectivity index (χ3v) is 3.51. The molecule has 0 fully saturated rings. The highest BCUT2D eigenvalue weighted by Gasteiger charge is 2.17. The van der Waals surface area contributed by atoms with Gasteiger partial charge in [0.05, 0.1) is 13.4 Å². The van der Waals surface area contributed by atoms with Crippen molar-refractivity contribution in [1.29, 1.82) is 0 Å². The minimum atomic E-state index is 0.336. The zero-order valence-corrected chi connectivity index (χ0v) is 11.0. The monoisotopic (exact) mass is 308 g/mol. The summed E-state index contributed by atoms with van der Waals surface area (Å²) in [6.07, 6.45) is 1.61. The van der Waals surface area contributed by atoms with Crippen molar-refractivity contribution in [2.75, 3.05) is 12.8 Å². The molecular weight excluding hydrogens is 300 g/mol. The predicted octanol–water partition coefficient (Wildman–Crippen LogP) is 3.44. The van der Waals surface area contributed by atoms with Crippen LogP contribution in [0.2, 0.25) is 0 Å². The van der Waals surface area contributed by atoms with Gasteiger partial charge < -0.3 is 19.4 Å². The number of methoxy groups -OCH3 is 1. The van der Waals surface area contributed by atoms with Gasteiger partial charge in [0.2, 0.25) is 0 Å². The van der Waals surface area contributed by atoms with Crippen LogP contribution in [0.25, 0.3) is 22.3 Å². The molecule has 0 aliphatic carbocycles. The van der Waals surface area contributed by atoms with E-state index in [1.165, 1.54) is 0 Å². The van der Waals surface area contributed by atoms with Crippen LogP contribution in [0, 0.1) is 0 Å². The second-order valence-corrected chi connectivity index (χ2v) is 4.51. The van der Waals surface area contributed by atoms with Crippen LogP contribution in [0.3, 0.4) is 0 Å². The van der Waals surface area contributed by atoms with Crippen molar-refractivity contribution in [2.45, 2.75) is 0 Å². The molecule has 0 spiro atoms. The molecule has 0 aliphatic heterocycles. The molecule has 0 saturated carbocycles. The standard InChI is InChI=1S/C12H9BrN2O3/c1-16-9-4-7(8-5-10(14)15-18-8)11(13)6-2-3-17-12(6)9/h2-5H,1H3,(H2,14,15). The smallest absolute Gasteiger partial charge is 0.176 e. The van der Waals surface area contributed by atoms with Gasteiger partial charge in [0.1, 0.15) is 0 Å². The van der Waals surface area contributed by atoms with E-state index in [1.54, 1.807) is 19.4 Å². The number of fused-ring (bicyclic) bond motifs is 1. The maximum absolute atomic E-state index is 5.56. The van der Waals surface area contributed by atoms with E-state index in [-0.39, 0.29) is 0 Å². The van der Waals surface area contributed by atoms with E-state index in [0.29, 0.717) is 22.9 Å². The Morgan fingerprint density at radius 2 is 2.22 bits per heavy atom. The van der Waals surface area contributed by atoms with Gasteiger partial charge in [-0.05, 0) is 28.1 Å². The highest BCUT2D eigenvalue weighted by molar-refractivity contribution is 9.10. The van der Waals surface area contributed by atoms with Crippen molar-refractivity contribution in [3.63, 3.8) is 0 Å². The van der Waals surface area contributed by atoms with E-state index in [0.717, 1.165) is 15.4 Å². The zero-order chi connectivity index (χ0) is 12.7. The summed E-state index contributed by atoms with van der Waals surface area (Å²) in [5.74, 6) is 1.53. The Bertz CT molecular complexity index is 717. The van der Waals surface area contributed by atoms with Crippen molar-refractivity contribution < 1.29 is 13.7 Å². The Kier molecular flexibility index (Phi) is 2.52. The zero-order valence-electron chi connectivity index (χ0n) is 9.44. The molecule has 0 aliphatic rings. The Balaban J connectivity index is 2.32. The molecule has 2 aromatic heterocycles. The largest absolute Gasteiger partial charge is 0.493 e. The lowest BCUT2D eigenvalue weighted by Crippen LogP contribution is -1.86. The van der Waals surface area contributed by atoms with Gasteiger partial charge in [-0.1, -0.05) is 5.16 Å². The number of anilines is 1. The summed E-state index contributed by atoms with van der Waals surface area (Å²) in [6, 6.07) is 5.33. The minimum Gasteiger partial charge on any atom is -0.493 e. The Morgan fingerprint density at radius 1 is 1.39 bits per heavy atom. The maximum Gasteiger partial charge on any atom is 0.176 e. The maximum atomic E-state index is 5.56. The number of halogens is 1. The molecule has 0 atom stereocenters. The Hall–Kier alpha value is -1.95. The average Bonchev–Trinajstić information content (AvgIpc) is 2.99. The van der Waals surface area contributed by atoms with Crippen LogP contribution in [0.5, 0.6) is 5.75 Å². The molecule has 0 radical (unpaired) electrons. The first-order chi connectivity index (χ1) is 8.70. The fraction of sp³-hybridized carbons (Fsp3) is 0.0833. The molecular formula is C12H9BrN2O3. The lowest BCUT2D eigenvalue weighted by molar-refractivity contribution is 0.409. The Morgan fingerprint density at radius 3 is 2.89 bits per heavy atom.